The highest BCUT2D eigenvalue weighted by atomic mass is 32.2. The number of rotatable bonds is 5. The summed E-state index contributed by atoms with van der Waals surface area (Å²) in [5, 5.41) is 4.33. The van der Waals surface area contributed by atoms with Crippen molar-refractivity contribution in [2.75, 3.05) is 19.0 Å². The van der Waals surface area contributed by atoms with Crippen molar-refractivity contribution in [1.82, 2.24) is 4.31 Å². The van der Waals surface area contributed by atoms with Gasteiger partial charge in [-0.2, -0.15) is 4.31 Å². The minimum Gasteiger partial charge on any atom is -0.465 e. The second-order valence-corrected chi connectivity index (χ2v) is 8.54. The molecular weight excluding hydrogens is 376 g/mol. The van der Waals surface area contributed by atoms with Gasteiger partial charge in [0.15, 0.2) is 0 Å². The van der Waals surface area contributed by atoms with Crippen LogP contribution in [0.1, 0.15) is 22.5 Å². The molecule has 1 fully saturated rings. The fourth-order valence-electron chi connectivity index (χ4n) is 2.89. The number of sulfonamides is 1. The average Bonchev–Trinajstić information content (AvgIpc) is 3.31. The quantitative estimate of drug-likeness (QED) is 0.786. The zero-order chi connectivity index (χ0) is 18.7. The Morgan fingerprint density at radius 1 is 1.23 bits per heavy atom. The van der Waals surface area contributed by atoms with Crippen LogP contribution in [0.5, 0.6) is 0 Å². The molecule has 1 aromatic heterocycles. The maximum Gasteiger partial charge on any atom is 0.350 e. The van der Waals surface area contributed by atoms with E-state index in [9.17, 15) is 18.0 Å². The summed E-state index contributed by atoms with van der Waals surface area (Å²) >= 11 is 1.15. The molecule has 1 aliphatic heterocycles. The summed E-state index contributed by atoms with van der Waals surface area (Å²) in [6.07, 6.45) is 1.02. The zero-order valence-electron chi connectivity index (χ0n) is 14.0. The van der Waals surface area contributed by atoms with Crippen molar-refractivity contribution in [3.05, 3.63) is 46.7 Å². The van der Waals surface area contributed by atoms with Crippen molar-refractivity contribution in [3.8, 4) is 0 Å². The molecule has 138 valence electrons. The molecule has 0 spiro atoms. The van der Waals surface area contributed by atoms with Crippen LogP contribution in [0.2, 0.25) is 0 Å². The third-order valence-electron chi connectivity index (χ3n) is 4.15. The first-order valence-corrected chi connectivity index (χ1v) is 10.3. The Morgan fingerprint density at radius 3 is 2.65 bits per heavy atom. The van der Waals surface area contributed by atoms with Crippen LogP contribution in [0.25, 0.3) is 0 Å². The molecule has 1 aliphatic rings. The number of hydrogen-bond donors (Lipinski definition) is 1. The number of anilines is 1. The number of hydrogen-bond acceptors (Lipinski definition) is 6. The van der Waals surface area contributed by atoms with E-state index >= 15 is 0 Å². The van der Waals surface area contributed by atoms with E-state index in [1.807, 2.05) is 0 Å². The van der Waals surface area contributed by atoms with Gasteiger partial charge in [0.05, 0.1) is 17.7 Å². The van der Waals surface area contributed by atoms with Gasteiger partial charge in [0.25, 0.3) is 0 Å². The molecule has 0 radical (unpaired) electrons. The van der Waals surface area contributed by atoms with Gasteiger partial charge in [0.1, 0.15) is 10.9 Å². The third kappa shape index (κ3) is 3.50. The van der Waals surface area contributed by atoms with Crippen LogP contribution in [-0.4, -0.2) is 44.3 Å². The van der Waals surface area contributed by atoms with E-state index in [1.54, 1.807) is 29.6 Å². The molecule has 7 nitrogen and oxygen atoms in total. The zero-order valence-corrected chi connectivity index (χ0v) is 15.7. The Labute approximate surface area is 155 Å². The van der Waals surface area contributed by atoms with E-state index in [2.05, 4.69) is 10.1 Å². The number of methoxy groups -OCH3 is 1. The highest BCUT2D eigenvalue weighted by Gasteiger charge is 2.39. The molecule has 0 bridgehead atoms. The van der Waals surface area contributed by atoms with Crippen molar-refractivity contribution in [3.63, 3.8) is 0 Å². The van der Waals surface area contributed by atoms with Crippen molar-refractivity contribution < 1.29 is 22.7 Å². The summed E-state index contributed by atoms with van der Waals surface area (Å²) in [7, 11) is -2.50. The monoisotopic (exact) mass is 394 g/mol. The molecule has 0 saturated carbocycles. The van der Waals surface area contributed by atoms with Gasteiger partial charge in [-0.1, -0.05) is 18.2 Å². The molecule has 1 atom stereocenters. The second-order valence-electron chi connectivity index (χ2n) is 5.73. The summed E-state index contributed by atoms with van der Waals surface area (Å²) in [6, 6.07) is 8.83. The molecular formula is C17H18N2O5S2. The lowest BCUT2D eigenvalue weighted by molar-refractivity contribution is -0.119. The lowest BCUT2D eigenvalue weighted by atomic mass is 10.2. The summed E-state index contributed by atoms with van der Waals surface area (Å²) in [4.78, 5) is 24.9. The van der Waals surface area contributed by atoms with Crippen molar-refractivity contribution in [2.24, 2.45) is 0 Å². The van der Waals surface area contributed by atoms with E-state index < -0.39 is 27.9 Å². The molecule has 1 saturated heterocycles. The normalized spacial score (nSPS) is 17.8. The summed E-state index contributed by atoms with van der Waals surface area (Å²) < 4.78 is 31.6. The van der Waals surface area contributed by atoms with Crippen molar-refractivity contribution >= 4 is 38.9 Å². The molecule has 2 heterocycles. The van der Waals surface area contributed by atoms with Crippen LogP contribution in [0.3, 0.4) is 0 Å². The number of carbonyl (C=O) groups excluding carboxylic acids is 2. The summed E-state index contributed by atoms with van der Waals surface area (Å²) in [5.74, 6) is -0.999. The predicted molar refractivity (Wildman–Crippen MR) is 97.6 cm³/mol. The number of esters is 1. The van der Waals surface area contributed by atoms with E-state index in [4.69, 9.17) is 0 Å². The molecule has 0 aliphatic carbocycles. The van der Waals surface area contributed by atoms with E-state index in [0.717, 1.165) is 11.3 Å². The number of thiophene rings is 1. The molecule has 1 N–H and O–H groups in total. The van der Waals surface area contributed by atoms with Crippen molar-refractivity contribution in [2.45, 2.75) is 23.8 Å². The van der Waals surface area contributed by atoms with Crippen LogP contribution < -0.4 is 5.32 Å². The van der Waals surface area contributed by atoms with Gasteiger partial charge in [-0.3, -0.25) is 4.79 Å². The Morgan fingerprint density at radius 2 is 1.96 bits per heavy atom. The maximum atomic E-state index is 12.8. The lowest BCUT2D eigenvalue weighted by Crippen LogP contribution is -2.43. The summed E-state index contributed by atoms with van der Waals surface area (Å²) in [5.41, 5.74) is 0.329. The number of benzene rings is 1. The molecule has 2 aromatic rings. The number of ether oxygens (including phenoxy) is 1. The van der Waals surface area contributed by atoms with Crippen LogP contribution >= 0.6 is 11.3 Å². The number of nitrogens with zero attached hydrogens (tertiary/aromatic N) is 1. The minimum absolute atomic E-state index is 0.158. The number of nitrogens with one attached hydrogen (secondary N) is 1. The fraction of sp³-hybridized carbons (Fsp3) is 0.294. The molecule has 26 heavy (non-hydrogen) atoms. The van der Waals surface area contributed by atoms with Crippen molar-refractivity contribution in [1.29, 1.82) is 0 Å². The van der Waals surface area contributed by atoms with E-state index in [-0.39, 0.29) is 16.3 Å². The van der Waals surface area contributed by atoms with E-state index in [1.165, 1.54) is 23.5 Å². The Hall–Kier alpha value is -2.23. The second kappa shape index (κ2) is 7.56. The molecule has 3 rings (SSSR count). The number of carbonyl (C=O) groups is 2. The predicted octanol–water partition coefficient (Wildman–Crippen LogP) is 2.33. The summed E-state index contributed by atoms with van der Waals surface area (Å²) in [6.45, 7) is 0.281. The van der Waals surface area contributed by atoms with Crippen LogP contribution in [0, 0.1) is 0 Å². The Bertz CT molecular complexity index is 908. The largest absolute Gasteiger partial charge is 0.465 e. The highest BCUT2D eigenvalue weighted by molar-refractivity contribution is 7.89. The first kappa shape index (κ1) is 18.6. The van der Waals surface area contributed by atoms with Gasteiger partial charge in [0, 0.05) is 6.54 Å². The fourth-order valence-corrected chi connectivity index (χ4v) is 5.34. The van der Waals surface area contributed by atoms with Crippen LogP contribution in [0.4, 0.5) is 5.69 Å². The van der Waals surface area contributed by atoms with Crippen LogP contribution in [0.15, 0.2) is 46.7 Å². The number of amides is 1. The SMILES string of the molecule is COC(=O)c1sccc1NC(=O)[C@H]1CCCN1S(=O)(=O)c1ccccc1. The molecule has 1 amide bonds. The van der Waals surface area contributed by atoms with Gasteiger partial charge in [-0.05, 0) is 36.4 Å². The first-order valence-electron chi connectivity index (χ1n) is 7.98. The van der Waals surface area contributed by atoms with Gasteiger partial charge < -0.3 is 10.1 Å². The molecule has 9 heteroatoms. The average molecular weight is 394 g/mol. The third-order valence-corrected chi connectivity index (χ3v) is 6.97. The van der Waals surface area contributed by atoms with Gasteiger partial charge >= 0.3 is 5.97 Å². The smallest absolute Gasteiger partial charge is 0.350 e. The lowest BCUT2D eigenvalue weighted by Gasteiger charge is -2.23. The van der Waals surface area contributed by atoms with Crippen LogP contribution in [-0.2, 0) is 19.6 Å². The molecule has 1 aromatic carbocycles. The Kier molecular flexibility index (Phi) is 5.40. The topological polar surface area (TPSA) is 92.8 Å². The van der Waals surface area contributed by atoms with E-state index in [0.29, 0.717) is 18.5 Å². The standard InChI is InChI=1S/C17H18N2O5S2/c1-24-17(21)15-13(9-11-25-15)18-16(20)14-8-5-10-19(14)26(22,23)12-6-3-2-4-7-12/h2-4,6-7,9,11,14H,5,8,10H2,1H3,(H,18,20)/t14-/m1/s1. The minimum atomic E-state index is -3.76. The highest BCUT2D eigenvalue weighted by Crippen LogP contribution is 2.28. The van der Waals surface area contributed by atoms with Gasteiger partial charge in [-0.15, -0.1) is 11.3 Å². The van der Waals surface area contributed by atoms with Gasteiger partial charge in [0.2, 0.25) is 15.9 Å². The Balaban J connectivity index is 1.82. The molecule has 0 unspecified atom stereocenters. The first-order chi connectivity index (χ1) is 12.4. The maximum absolute atomic E-state index is 12.8. The van der Waals surface area contributed by atoms with Gasteiger partial charge in [-0.25, -0.2) is 13.2 Å².